The third-order valence-corrected chi connectivity index (χ3v) is 4.07. The second kappa shape index (κ2) is 7.26. The first kappa shape index (κ1) is 17.5. The number of amides is 1. The second-order valence-corrected chi connectivity index (χ2v) is 5.93. The van der Waals surface area contributed by atoms with E-state index in [9.17, 15) is 9.59 Å². The summed E-state index contributed by atoms with van der Waals surface area (Å²) in [5.74, 6) is 0.425. The summed E-state index contributed by atoms with van der Waals surface area (Å²) in [7, 11) is 4.77. The fraction of sp³-hybridized carbons (Fsp3) is 0.211. The number of H-pyrrole nitrogens is 1. The van der Waals surface area contributed by atoms with Crippen molar-refractivity contribution in [3.05, 3.63) is 42.1 Å². The Balaban J connectivity index is 2.05. The first-order valence-electron chi connectivity index (χ1n) is 7.97. The standard InChI is InChI=1S/C19H19N3O4/c1-22(2)18(24)11-26-19-13(10-23)7-12(8-17(19)25-3)14-5-4-6-16-15(14)9-20-21-16/h4-10H,11H2,1-3H3,(H,20,21). The van der Waals surface area contributed by atoms with Crippen molar-refractivity contribution in [1.29, 1.82) is 0 Å². The summed E-state index contributed by atoms with van der Waals surface area (Å²) >= 11 is 0. The Kier molecular flexibility index (Phi) is 4.88. The molecule has 0 aliphatic heterocycles. The lowest BCUT2D eigenvalue weighted by atomic mass is 9.99. The molecule has 0 saturated heterocycles. The number of likely N-dealkylation sites (N-methyl/N-ethyl adjacent to an activating group) is 1. The Morgan fingerprint density at radius 1 is 1.31 bits per heavy atom. The van der Waals surface area contributed by atoms with Gasteiger partial charge in [0.2, 0.25) is 0 Å². The zero-order valence-electron chi connectivity index (χ0n) is 14.8. The minimum absolute atomic E-state index is 0.180. The minimum atomic E-state index is -0.212. The van der Waals surface area contributed by atoms with E-state index in [-0.39, 0.29) is 18.3 Å². The zero-order valence-corrected chi connectivity index (χ0v) is 14.8. The first-order valence-corrected chi connectivity index (χ1v) is 7.97. The van der Waals surface area contributed by atoms with Gasteiger partial charge >= 0.3 is 0 Å². The van der Waals surface area contributed by atoms with E-state index in [0.29, 0.717) is 17.6 Å². The van der Waals surface area contributed by atoms with Crippen LogP contribution in [0.4, 0.5) is 0 Å². The average molecular weight is 353 g/mol. The molecule has 3 aromatic rings. The van der Waals surface area contributed by atoms with E-state index in [1.54, 1.807) is 32.4 Å². The van der Waals surface area contributed by atoms with Crippen molar-refractivity contribution in [3.63, 3.8) is 0 Å². The molecule has 7 heteroatoms. The molecule has 0 aliphatic carbocycles. The molecule has 26 heavy (non-hydrogen) atoms. The van der Waals surface area contributed by atoms with E-state index in [1.807, 2.05) is 18.2 Å². The molecule has 3 rings (SSSR count). The molecule has 0 fully saturated rings. The van der Waals surface area contributed by atoms with Crippen molar-refractivity contribution in [2.45, 2.75) is 0 Å². The van der Waals surface area contributed by atoms with E-state index < -0.39 is 0 Å². The van der Waals surface area contributed by atoms with E-state index in [2.05, 4.69) is 10.2 Å². The number of aromatic amines is 1. The smallest absolute Gasteiger partial charge is 0.259 e. The molecular formula is C19H19N3O4. The van der Waals surface area contributed by atoms with Gasteiger partial charge in [0.05, 0.1) is 24.4 Å². The third kappa shape index (κ3) is 3.23. The maximum atomic E-state index is 11.8. The van der Waals surface area contributed by atoms with Gasteiger partial charge in [-0.1, -0.05) is 12.1 Å². The molecule has 2 aromatic carbocycles. The van der Waals surface area contributed by atoms with Crippen molar-refractivity contribution in [1.82, 2.24) is 15.1 Å². The topological polar surface area (TPSA) is 84.5 Å². The molecule has 1 heterocycles. The first-order chi connectivity index (χ1) is 12.5. The van der Waals surface area contributed by atoms with Gasteiger partial charge in [0.15, 0.2) is 24.4 Å². The van der Waals surface area contributed by atoms with Crippen LogP contribution in [0.2, 0.25) is 0 Å². The molecular weight excluding hydrogens is 334 g/mol. The SMILES string of the molecule is COc1cc(-c2cccc3[nH]ncc23)cc(C=O)c1OCC(=O)N(C)C. The summed E-state index contributed by atoms with van der Waals surface area (Å²) in [6, 6.07) is 9.27. The molecule has 0 unspecified atom stereocenters. The number of ether oxygens (including phenoxy) is 2. The van der Waals surface area contributed by atoms with Crippen LogP contribution in [0.3, 0.4) is 0 Å². The van der Waals surface area contributed by atoms with Crippen LogP contribution in [0, 0.1) is 0 Å². The minimum Gasteiger partial charge on any atom is -0.493 e. The molecule has 0 atom stereocenters. The summed E-state index contributed by atoms with van der Waals surface area (Å²) in [5.41, 5.74) is 2.91. The number of nitrogens with zero attached hydrogens (tertiary/aromatic N) is 2. The van der Waals surface area contributed by atoms with E-state index >= 15 is 0 Å². The number of rotatable bonds is 6. The molecule has 0 radical (unpaired) electrons. The summed E-state index contributed by atoms with van der Waals surface area (Å²) < 4.78 is 11.0. The van der Waals surface area contributed by atoms with Crippen molar-refractivity contribution < 1.29 is 19.1 Å². The average Bonchev–Trinajstić information content (AvgIpc) is 3.14. The van der Waals surface area contributed by atoms with Crippen LogP contribution in [0.25, 0.3) is 22.0 Å². The van der Waals surface area contributed by atoms with Crippen molar-refractivity contribution in [2.24, 2.45) is 0 Å². The number of fused-ring (bicyclic) bond motifs is 1. The van der Waals surface area contributed by atoms with E-state index in [4.69, 9.17) is 9.47 Å². The van der Waals surface area contributed by atoms with Gasteiger partial charge < -0.3 is 14.4 Å². The number of carbonyl (C=O) groups is 2. The van der Waals surface area contributed by atoms with Gasteiger partial charge in [-0.15, -0.1) is 0 Å². The van der Waals surface area contributed by atoms with Crippen molar-refractivity contribution in [2.75, 3.05) is 27.8 Å². The number of hydrogen-bond donors (Lipinski definition) is 1. The molecule has 134 valence electrons. The summed E-state index contributed by atoms with van der Waals surface area (Å²) in [6.45, 7) is -0.180. The highest BCUT2D eigenvalue weighted by Gasteiger charge is 2.17. The Hall–Kier alpha value is -3.35. The van der Waals surface area contributed by atoms with Gasteiger partial charge in [-0.05, 0) is 29.3 Å². The van der Waals surface area contributed by atoms with Crippen LogP contribution in [0.5, 0.6) is 11.5 Å². The van der Waals surface area contributed by atoms with Crippen LogP contribution in [-0.4, -0.2) is 55.1 Å². The van der Waals surface area contributed by atoms with E-state index in [1.165, 1.54) is 12.0 Å². The number of methoxy groups -OCH3 is 1. The lowest BCUT2D eigenvalue weighted by molar-refractivity contribution is -0.130. The molecule has 0 spiro atoms. The molecule has 1 amide bonds. The Bertz CT molecular complexity index is 963. The molecule has 1 N–H and O–H groups in total. The summed E-state index contributed by atoms with van der Waals surface area (Å²) in [5, 5.41) is 7.92. The molecule has 1 aromatic heterocycles. The number of carbonyl (C=O) groups excluding carboxylic acids is 2. The lowest BCUT2D eigenvalue weighted by Gasteiger charge is -2.16. The highest BCUT2D eigenvalue weighted by atomic mass is 16.5. The van der Waals surface area contributed by atoms with Gasteiger partial charge in [-0.25, -0.2) is 0 Å². The second-order valence-electron chi connectivity index (χ2n) is 5.93. The number of benzene rings is 2. The Morgan fingerprint density at radius 3 is 2.81 bits per heavy atom. The summed E-state index contributed by atoms with van der Waals surface area (Å²) in [6.07, 6.45) is 2.43. The van der Waals surface area contributed by atoms with Crippen LogP contribution in [-0.2, 0) is 4.79 Å². The highest BCUT2D eigenvalue weighted by molar-refractivity contribution is 5.96. The molecule has 0 aliphatic rings. The predicted molar refractivity (Wildman–Crippen MR) is 97.7 cm³/mol. The largest absolute Gasteiger partial charge is 0.493 e. The molecule has 7 nitrogen and oxygen atoms in total. The zero-order chi connectivity index (χ0) is 18.7. The highest BCUT2D eigenvalue weighted by Crippen LogP contribution is 2.37. The number of aldehydes is 1. The van der Waals surface area contributed by atoms with Crippen LogP contribution in [0.1, 0.15) is 10.4 Å². The fourth-order valence-corrected chi connectivity index (χ4v) is 2.66. The fourth-order valence-electron chi connectivity index (χ4n) is 2.66. The van der Waals surface area contributed by atoms with Crippen molar-refractivity contribution >= 4 is 23.1 Å². The molecule has 0 saturated carbocycles. The van der Waals surface area contributed by atoms with Crippen LogP contribution < -0.4 is 9.47 Å². The van der Waals surface area contributed by atoms with E-state index in [0.717, 1.165) is 22.0 Å². The Labute approximate surface area is 150 Å². The summed E-state index contributed by atoms with van der Waals surface area (Å²) in [4.78, 5) is 24.8. The molecule has 0 bridgehead atoms. The predicted octanol–water partition coefficient (Wildman–Crippen LogP) is 2.52. The van der Waals surface area contributed by atoms with Gasteiger partial charge in [-0.2, -0.15) is 5.10 Å². The van der Waals surface area contributed by atoms with Crippen LogP contribution in [0.15, 0.2) is 36.5 Å². The third-order valence-electron chi connectivity index (χ3n) is 4.07. The Morgan fingerprint density at radius 2 is 2.12 bits per heavy atom. The van der Waals surface area contributed by atoms with Crippen LogP contribution >= 0.6 is 0 Å². The quantitative estimate of drug-likeness (QED) is 0.689. The monoisotopic (exact) mass is 353 g/mol. The number of aromatic nitrogens is 2. The van der Waals surface area contributed by atoms with Crippen molar-refractivity contribution in [3.8, 4) is 22.6 Å². The van der Waals surface area contributed by atoms with Gasteiger partial charge in [0.25, 0.3) is 5.91 Å². The van der Waals surface area contributed by atoms with Gasteiger partial charge in [-0.3, -0.25) is 14.7 Å². The number of nitrogens with one attached hydrogen (secondary N) is 1. The maximum absolute atomic E-state index is 11.8. The maximum Gasteiger partial charge on any atom is 0.259 e. The number of hydrogen-bond acceptors (Lipinski definition) is 5. The van der Waals surface area contributed by atoms with Gasteiger partial charge in [0.1, 0.15) is 0 Å². The lowest BCUT2D eigenvalue weighted by Crippen LogP contribution is -2.27. The van der Waals surface area contributed by atoms with Gasteiger partial charge in [0, 0.05) is 19.5 Å². The normalized spacial score (nSPS) is 10.6.